The first-order chi connectivity index (χ1) is 15.1. The number of rotatable bonds is 6. The summed E-state index contributed by atoms with van der Waals surface area (Å²) < 4.78 is 5.26. The monoisotopic (exact) mass is 436 g/mol. The summed E-state index contributed by atoms with van der Waals surface area (Å²) in [6, 6.07) is 16.9. The maximum Gasteiger partial charge on any atom is 0.341 e. The number of ether oxygens (including phenoxy) is 1. The highest BCUT2D eigenvalue weighted by molar-refractivity contribution is 8.18. The molecule has 4 rings (SSSR count). The van der Waals surface area contributed by atoms with E-state index in [2.05, 4.69) is 0 Å². The number of carboxylic acids is 1. The first-order valence-corrected chi connectivity index (χ1v) is 11.2. The Labute approximate surface area is 185 Å². The number of hydrogen-bond donors (Lipinski definition) is 1. The molecule has 31 heavy (non-hydrogen) atoms. The number of carbonyl (C=O) groups excluding carboxylic acids is 1. The van der Waals surface area contributed by atoms with Crippen molar-refractivity contribution in [2.75, 3.05) is 6.61 Å². The number of nitrogens with zero attached hydrogens (tertiary/aromatic N) is 2. The van der Waals surface area contributed by atoms with E-state index >= 15 is 0 Å². The molecule has 2 aromatic carbocycles. The Morgan fingerprint density at radius 1 is 1.13 bits per heavy atom. The summed E-state index contributed by atoms with van der Waals surface area (Å²) in [5, 5.41) is 9.52. The number of aliphatic imine (C=N–C) groups is 1. The van der Waals surface area contributed by atoms with Crippen molar-refractivity contribution in [3.8, 4) is 5.75 Å². The van der Waals surface area contributed by atoms with Crippen molar-refractivity contribution in [2.24, 2.45) is 4.99 Å². The van der Waals surface area contributed by atoms with Crippen molar-refractivity contribution in [3.05, 3.63) is 65.1 Å². The molecule has 6 nitrogen and oxygen atoms in total. The number of amidine groups is 1. The highest BCUT2D eigenvalue weighted by Gasteiger charge is 2.38. The summed E-state index contributed by atoms with van der Waals surface area (Å²) in [6.07, 6.45) is 7.27. The molecule has 1 heterocycles. The molecule has 1 saturated heterocycles. The predicted octanol–water partition coefficient (Wildman–Crippen LogP) is 5.09. The van der Waals surface area contributed by atoms with Crippen molar-refractivity contribution in [3.63, 3.8) is 0 Å². The topological polar surface area (TPSA) is 79.2 Å². The molecule has 160 valence electrons. The zero-order chi connectivity index (χ0) is 21.6. The molecule has 1 amide bonds. The minimum Gasteiger partial charge on any atom is -0.482 e. The largest absolute Gasteiger partial charge is 0.482 e. The van der Waals surface area contributed by atoms with E-state index in [-0.39, 0.29) is 11.9 Å². The quantitative estimate of drug-likeness (QED) is 0.639. The van der Waals surface area contributed by atoms with Crippen LogP contribution in [0.4, 0.5) is 5.69 Å². The normalized spacial score (nSPS) is 19.9. The third kappa shape index (κ3) is 5.35. The molecule has 1 aliphatic carbocycles. The number of para-hydroxylation sites is 1. The van der Waals surface area contributed by atoms with Crippen LogP contribution in [0, 0.1) is 0 Å². The Hall–Kier alpha value is -3.06. The number of aliphatic carboxylic acids is 1. The fourth-order valence-corrected chi connectivity index (χ4v) is 4.89. The van der Waals surface area contributed by atoms with Crippen molar-refractivity contribution in [2.45, 2.75) is 38.1 Å². The van der Waals surface area contributed by atoms with Crippen LogP contribution in [-0.2, 0) is 9.59 Å². The van der Waals surface area contributed by atoms with Crippen LogP contribution in [0.2, 0.25) is 0 Å². The number of hydrogen-bond acceptors (Lipinski definition) is 5. The number of benzene rings is 2. The zero-order valence-corrected chi connectivity index (χ0v) is 17.9. The van der Waals surface area contributed by atoms with E-state index in [0.717, 1.165) is 36.9 Å². The molecule has 1 saturated carbocycles. The third-order valence-electron chi connectivity index (χ3n) is 5.28. The van der Waals surface area contributed by atoms with Crippen LogP contribution in [-0.4, -0.2) is 39.7 Å². The van der Waals surface area contributed by atoms with Gasteiger partial charge in [-0.2, -0.15) is 0 Å². The van der Waals surface area contributed by atoms with Gasteiger partial charge in [0.15, 0.2) is 11.8 Å². The van der Waals surface area contributed by atoms with Crippen LogP contribution < -0.4 is 4.74 Å². The molecular formula is C24H24N2O4S. The minimum absolute atomic E-state index is 0.0246. The summed E-state index contributed by atoms with van der Waals surface area (Å²) in [7, 11) is 0. The van der Waals surface area contributed by atoms with Crippen LogP contribution in [0.1, 0.15) is 37.7 Å². The fourth-order valence-electron chi connectivity index (χ4n) is 3.83. The smallest absolute Gasteiger partial charge is 0.341 e. The predicted molar refractivity (Wildman–Crippen MR) is 122 cm³/mol. The van der Waals surface area contributed by atoms with Crippen molar-refractivity contribution >= 4 is 40.6 Å². The van der Waals surface area contributed by atoms with E-state index < -0.39 is 12.6 Å². The average molecular weight is 437 g/mol. The first kappa shape index (κ1) is 21.2. The van der Waals surface area contributed by atoms with Gasteiger partial charge in [0.05, 0.1) is 10.6 Å². The lowest BCUT2D eigenvalue weighted by Crippen LogP contribution is -2.40. The van der Waals surface area contributed by atoms with Crippen LogP contribution in [0.25, 0.3) is 6.08 Å². The summed E-state index contributed by atoms with van der Waals surface area (Å²) in [4.78, 5) is 31.4. The second kappa shape index (κ2) is 9.83. The summed E-state index contributed by atoms with van der Waals surface area (Å²) in [5.41, 5.74) is 1.60. The lowest BCUT2D eigenvalue weighted by molar-refractivity contribution is -0.139. The van der Waals surface area contributed by atoms with Gasteiger partial charge in [0, 0.05) is 6.04 Å². The van der Waals surface area contributed by atoms with Gasteiger partial charge in [-0.3, -0.25) is 9.69 Å². The molecule has 2 aromatic rings. The SMILES string of the molecule is O=C(O)COc1cccc(C=C2SC(=Nc3ccccc3)N(C3CCCCC3)C2=O)c1. The van der Waals surface area contributed by atoms with Crippen LogP contribution in [0.3, 0.4) is 0 Å². The molecule has 0 atom stereocenters. The van der Waals surface area contributed by atoms with E-state index in [0.29, 0.717) is 15.8 Å². The summed E-state index contributed by atoms with van der Waals surface area (Å²) in [6.45, 7) is -0.406. The van der Waals surface area contributed by atoms with E-state index in [4.69, 9.17) is 14.8 Å². The van der Waals surface area contributed by atoms with Gasteiger partial charge >= 0.3 is 5.97 Å². The molecule has 1 aliphatic heterocycles. The highest BCUT2D eigenvalue weighted by atomic mass is 32.2. The van der Waals surface area contributed by atoms with Gasteiger partial charge in [-0.15, -0.1) is 0 Å². The number of carboxylic acid groups (broad SMARTS) is 1. The molecule has 0 aromatic heterocycles. The Balaban J connectivity index is 1.63. The third-order valence-corrected chi connectivity index (χ3v) is 6.26. The van der Waals surface area contributed by atoms with Gasteiger partial charge in [-0.1, -0.05) is 49.6 Å². The maximum absolute atomic E-state index is 13.4. The number of thioether (sulfide) groups is 1. The molecular weight excluding hydrogens is 412 g/mol. The molecule has 7 heteroatoms. The second-order valence-corrected chi connectivity index (χ2v) is 8.57. The summed E-state index contributed by atoms with van der Waals surface area (Å²) >= 11 is 1.39. The van der Waals surface area contributed by atoms with Crippen molar-refractivity contribution < 1.29 is 19.4 Å². The van der Waals surface area contributed by atoms with Crippen LogP contribution in [0.15, 0.2) is 64.5 Å². The number of amides is 1. The van der Waals surface area contributed by atoms with Gasteiger partial charge < -0.3 is 9.84 Å². The lowest BCUT2D eigenvalue weighted by Gasteiger charge is -2.30. The molecule has 1 N–H and O–H groups in total. The Morgan fingerprint density at radius 3 is 2.65 bits per heavy atom. The van der Waals surface area contributed by atoms with Gasteiger partial charge in [-0.25, -0.2) is 9.79 Å². The highest BCUT2D eigenvalue weighted by Crippen LogP contribution is 2.38. The average Bonchev–Trinajstić information content (AvgIpc) is 3.08. The Kier molecular flexibility index (Phi) is 6.72. The van der Waals surface area contributed by atoms with Crippen LogP contribution >= 0.6 is 11.8 Å². The van der Waals surface area contributed by atoms with Crippen molar-refractivity contribution in [1.82, 2.24) is 4.90 Å². The van der Waals surface area contributed by atoms with E-state index in [9.17, 15) is 9.59 Å². The van der Waals surface area contributed by atoms with Gasteiger partial charge in [0.1, 0.15) is 5.75 Å². The second-order valence-electron chi connectivity index (χ2n) is 7.56. The zero-order valence-electron chi connectivity index (χ0n) is 17.1. The standard InChI is InChI=1S/C24H24N2O4S/c27-22(28)16-30-20-13-7-8-17(14-20)15-21-23(29)26(19-11-5-2-6-12-19)24(31-21)25-18-9-3-1-4-10-18/h1,3-4,7-10,13-15,19H,2,5-6,11-12,16H2,(H,27,28). The molecule has 0 unspecified atom stereocenters. The molecule has 0 radical (unpaired) electrons. The molecule has 2 aliphatic rings. The molecule has 0 bridgehead atoms. The van der Waals surface area contributed by atoms with E-state index in [1.54, 1.807) is 18.2 Å². The van der Waals surface area contributed by atoms with Gasteiger partial charge in [0.25, 0.3) is 5.91 Å². The van der Waals surface area contributed by atoms with E-state index in [1.807, 2.05) is 47.4 Å². The maximum atomic E-state index is 13.4. The first-order valence-electron chi connectivity index (χ1n) is 10.4. The van der Waals surface area contributed by atoms with Gasteiger partial charge in [0.2, 0.25) is 0 Å². The minimum atomic E-state index is -1.03. The molecule has 0 spiro atoms. The number of carbonyl (C=O) groups is 2. The molecule has 2 fully saturated rings. The lowest BCUT2D eigenvalue weighted by atomic mass is 9.94. The Bertz CT molecular complexity index is 1010. The van der Waals surface area contributed by atoms with Crippen LogP contribution in [0.5, 0.6) is 5.75 Å². The summed E-state index contributed by atoms with van der Waals surface area (Å²) in [5.74, 6) is -0.604. The van der Waals surface area contributed by atoms with Gasteiger partial charge in [-0.05, 0) is 60.5 Å². The Morgan fingerprint density at radius 2 is 1.90 bits per heavy atom. The fraction of sp³-hybridized carbons (Fsp3) is 0.292. The van der Waals surface area contributed by atoms with Crippen molar-refractivity contribution in [1.29, 1.82) is 0 Å². The van der Waals surface area contributed by atoms with E-state index in [1.165, 1.54) is 18.2 Å².